The zero-order chi connectivity index (χ0) is 16.3. The number of carbonyl (C=O) groups excluding carboxylic acids is 1. The van der Waals surface area contributed by atoms with Crippen molar-refractivity contribution in [1.82, 2.24) is 9.21 Å². The first-order valence-electron chi connectivity index (χ1n) is 7.27. The van der Waals surface area contributed by atoms with Crippen molar-refractivity contribution in [3.05, 3.63) is 34.9 Å². The molecule has 0 bridgehead atoms. The van der Waals surface area contributed by atoms with Crippen LogP contribution >= 0.6 is 11.6 Å². The monoisotopic (exact) mass is 344 g/mol. The van der Waals surface area contributed by atoms with Gasteiger partial charge in [-0.25, -0.2) is 12.7 Å². The van der Waals surface area contributed by atoms with E-state index >= 15 is 0 Å². The van der Waals surface area contributed by atoms with Crippen LogP contribution < -0.4 is 0 Å². The molecule has 0 N–H and O–H groups in total. The maximum atomic E-state index is 12.4. The third-order valence-corrected chi connectivity index (χ3v) is 6.14. The van der Waals surface area contributed by atoms with Crippen molar-refractivity contribution in [1.29, 1.82) is 0 Å². The third kappa shape index (κ3) is 3.80. The van der Waals surface area contributed by atoms with Crippen molar-refractivity contribution in [3.63, 3.8) is 0 Å². The van der Waals surface area contributed by atoms with E-state index in [9.17, 15) is 13.2 Å². The molecule has 0 aliphatic carbocycles. The standard InChI is InChI=1S/C15H21ClN2O3S/c1-17(2)22(20,21)11-9-15(19)18-10-5-8-14(18)12-6-3-4-7-13(12)16/h3-4,6-7,14H,5,8-11H2,1-2H3/t14-/m1/s1. The number of rotatable bonds is 5. The first kappa shape index (κ1) is 17.2. The molecule has 1 atom stereocenters. The molecule has 0 spiro atoms. The first-order valence-corrected chi connectivity index (χ1v) is 9.26. The summed E-state index contributed by atoms with van der Waals surface area (Å²) in [5, 5.41) is 0.646. The lowest BCUT2D eigenvalue weighted by Gasteiger charge is -2.26. The average Bonchev–Trinajstić information content (AvgIpc) is 2.94. The second kappa shape index (κ2) is 6.98. The van der Waals surface area contributed by atoms with Gasteiger partial charge in [0.25, 0.3) is 0 Å². The van der Waals surface area contributed by atoms with E-state index in [4.69, 9.17) is 11.6 Å². The smallest absolute Gasteiger partial charge is 0.224 e. The molecule has 5 nitrogen and oxygen atoms in total. The minimum atomic E-state index is -3.35. The number of amides is 1. The van der Waals surface area contributed by atoms with Gasteiger partial charge in [-0.15, -0.1) is 0 Å². The molecule has 1 aromatic rings. The maximum absolute atomic E-state index is 12.4. The van der Waals surface area contributed by atoms with Gasteiger partial charge in [-0.2, -0.15) is 0 Å². The van der Waals surface area contributed by atoms with Gasteiger partial charge in [-0.3, -0.25) is 4.79 Å². The average molecular weight is 345 g/mol. The summed E-state index contributed by atoms with van der Waals surface area (Å²) in [6, 6.07) is 7.45. The van der Waals surface area contributed by atoms with Crippen molar-refractivity contribution in [2.45, 2.75) is 25.3 Å². The molecule has 1 aromatic carbocycles. The topological polar surface area (TPSA) is 57.7 Å². The summed E-state index contributed by atoms with van der Waals surface area (Å²) in [6.07, 6.45) is 1.76. The van der Waals surface area contributed by atoms with Gasteiger partial charge in [0, 0.05) is 32.1 Å². The van der Waals surface area contributed by atoms with Crippen LogP contribution in [-0.4, -0.2) is 49.9 Å². The molecule has 0 unspecified atom stereocenters. The highest BCUT2D eigenvalue weighted by atomic mass is 35.5. The molecule has 1 saturated heterocycles. The van der Waals surface area contributed by atoms with Crippen molar-refractivity contribution in [2.75, 3.05) is 26.4 Å². The van der Waals surface area contributed by atoms with Crippen LogP contribution in [0.4, 0.5) is 0 Å². The molecule has 1 amide bonds. The Morgan fingerprint density at radius 2 is 2.05 bits per heavy atom. The Kier molecular flexibility index (Phi) is 5.47. The Bertz CT molecular complexity index is 646. The van der Waals surface area contributed by atoms with E-state index in [0.29, 0.717) is 11.6 Å². The van der Waals surface area contributed by atoms with Crippen LogP contribution in [0.1, 0.15) is 30.9 Å². The van der Waals surface area contributed by atoms with E-state index < -0.39 is 10.0 Å². The molecule has 0 radical (unpaired) electrons. The second-order valence-electron chi connectivity index (χ2n) is 5.62. The molecule has 1 heterocycles. The zero-order valence-corrected chi connectivity index (χ0v) is 14.4. The molecule has 0 saturated carbocycles. The van der Waals surface area contributed by atoms with Gasteiger partial charge in [0.05, 0.1) is 11.8 Å². The Labute approximate surface area is 136 Å². The number of hydrogen-bond donors (Lipinski definition) is 0. The molecular weight excluding hydrogens is 324 g/mol. The van der Waals surface area contributed by atoms with Crippen LogP contribution in [0.25, 0.3) is 0 Å². The van der Waals surface area contributed by atoms with Gasteiger partial charge in [-0.1, -0.05) is 29.8 Å². The van der Waals surface area contributed by atoms with E-state index in [1.165, 1.54) is 14.1 Å². The van der Waals surface area contributed by atoms with E-state index in [1.807, 2.05) is 24.3 Å². The van der Waals surface area contributed by atoms with Crippen molar-refractivity contribution >= 4 is 27.5 Å². The quantitative estimate of drug-likeness (QED) is 0.823. The maximum Gasteiger partial charge on any atom is 0.224 e. The van der Waals surface area contributed by atoms with Crippen LogP contribution in [0.3, 0.4) is 0 Å². The number of carbonyl (C=O) groups is 1. The number of likely N-dealkylation sites (tertiary alicyclic amines) is 1. The molecule has 0 aromatic heterocycles. The van der Waals surface area contributed by atoms with Gasteiger partial charge in [0.2, 0.25) is 15.9 Å². The largest absolute Gasteiger partial charge is 0.336 e. The molecule has 1 fully saturated rings. The Morgan fingerprint density at radius 3 is 2.68 bits per heavy atom. The predicted octanol–water partition coefficient (Wildman–Crippen LogP) is 2.29. The van der Waals surface area contributed by atoms with Crippen LogP contribution in [0.15, 0.2) is 24.3 Å². The minimum absolute atomic E-state index is 0.00145. The van der Waals surface area contributed by atoms with Gasteiger partial charge in [0.15, 0.2) is 0 Å². The van der Waals surface area contributed by atoms with Gasteiger partial charge >= 0.3 is 0 Å². The highest BCUT2D eigenvalue weighted by Gasteiger charge is 2.31. The van der Waals surface area contributed by atoms with Gasteiger partial charge < -0.3 is 4.90 Å². The number of halogens is 1. The van der Waals surface area contributed by atoms with E-state index in [1.54, 1.807) is 4.90 Å². The van der Waals surface area contributed by atoms with Crippen molar-refractivity contribution in [2.24, 2.45) is 0 Å². The second-order valence-corrected chi connectivity index (χ2v) is 8.32. The number of sulfonamides is 1. The molecule has 22 heavy (non-hydrogen) atoms. The fourth-order valence-electron chi connectivity index (χ4n) is 2.68. The highest BCUT2D eigenvalue weighted by molar-refractivity contribution is 7.89. The van der Waals surface area contributed by atoms with E-state index in [2.05, 4.69) is 0 Å². The summed E-state index contributed by atoms with van der Waals surface area (Å²) in [6.45, 7) is 0.650. The summed E-state index contributed by atoms with van der Waals surface area (Å²) in [5.41, 5.74) is 0.936. The van der Waals surface area contributed by atoms with Gasteiger partial charge in [0.1, 0.15) is 0 Å². The Hall–Kier alpha value is -1.11. The number of nitrogens with zero attached hydrogens (tertiary/aromatic N) is 2. The first-order chi connectivity index (χ1) is 10.3. The minimum Gasteiger partial charge on any atom is -0.336 e. The van der Waals surface area contributed by atoms with Crippen LogP contribution in [0.2, 0.25) is 5.02 Å². The molecule has 122 valence electrons. The Balaban J connectivity index is 2.08. The summed E-state index contributed by atoms with van der Waals surface area (Å²) in [4.78, 5) is 14.2. The Morgan fingerprint density at radius 1 is 1.36 bits per heavy atom. The summed E-state index contributed by atoms with van der Waals surface area (Å²) in [7, 11) is -0.404. The SMILES string of the molecule is CN(C)S(=O)(=O)CCC(=O)N1CCC[C@@H]1c1ccccc1Cl. The third-order valence-electron chi connectivity index (χ3n) is 3.97. The lowest BCUT2D eigenvalue weighted by Crippen LogP contribution is -2.34. The lowest BCUT2D eigenvalue weighted by molar-refractivity contribution is -0.131. The van der Waals surface area contributed by atoms with Crippen LogP contribution in [0, 0.1) is 0 Å². The van der Waals surface area contributed by atoms with E-state index in [-0.39, 0.29) is 24.1 Å². The highest BCUT2D eigenvalue weighted by Crippen LogP contribution is 2.35. The molecule has 7 heteroatoms. The molecule has 2 rings (SSSR count). The van der Waals surface area contributed by atoms with Crippen molar-refractivity contribution < 1.29 is 13.2 Å². The van der Waals surface area contributed by atoms with Gasteiger partial charge in [-0.05, 0) is 24.5 Å². The summed E-state index contributed by atoms with van der Waals surface area (Å²) < 4.78 is 24.7. The zero-order valence-electron chi connectivity index (χ0n) is 12.8. The fourth-order valence-corrected chi connectivity index (χ4v) is 3.74. The van der Waals surface area contributed by atoms with E-state index in [0.717, 1.165) is 22.7 Å². The van der Waals surface area contributed by atoms with Crippen LogP contribution in [-0.2, 0) is 14.8 Å². The normalized spacial score (nSPS) is 18.9. The summed E-state index contributed by atoms with van der Waals surface area (Å²) in [5.74, 6) is -0.294. The van der Waals surface area contributed by atoms with Crippen LogP contribution in [0.5, 0.6) is 0 Å². The van der Waals surface area contributed by atoms with Crippen molar-refractivity contribution in [3.8, 4) is 0 Å². The number of hydrogen-bond acceptors (Lipinski definition) is 3. The lowest BCUT2D eigenvalue weighted by atomic mass is 10.0. The fraction of sp³-hybridized carbons (Fsp3) is 0.533. The molecular formula is C15H21ClN2O3S. The number of benzene rings is 1. The summed E-state index contributed by atoms with van der Waals surface area (Å²) >= 11 is 6.22. The predicted molar refractivity (Wildman–Crippen MR) is 87.2 cm³/mol. The molecule has 1 aliphatic heterocycles. The molecule has 1 aliphatic rings.